The van der Waals surface area contributed by atoms with Crippen LogP contribution < -0.4 is 5.73 Å². The number of rotatable bonds is 4. The molecular formula is C15H14ClF2N. The zero-order chi connectivity index (χ0) is 13.8. The van der Waals surface area contributed by atoms with Crippen LogP contribution in [0.3, 0.4) is 0 Å². The summed E-state index contributed by atoms with van der Waals surface area (Å²) in [5.74, 6) is -0.933. The average Bonchev–Trinajstić information content (AvgIpc) is 2.41. The first kappa shape index (κ1) is 14.0. The highest BCUT2D eigenvalue weighted by Crippen LogP contribution is 2.24. The third kappa shape index (κ3) is 3.31. The lowest BCUT2D eigenvalue weighted by atomic mass is 9.91. The molecule has 0 aromatic heterocycles. The Balaban J connectivity index is 2.24. The second-order valence-corrected chi connectivity index (χ2v) is 4.81. The van der Waals surface area contributed by atoms with Crippen LogP contribution in [0.15, 0.2) is 42.5 Å². The number of halogens is 3. The molecule has 19 heavy (non-hydrogen) atoms. The van der Waals surface area contributed by atoms with Crippen LogP contribution in [0.25, 0.3) is 0 Å². The predicted molar refractivity (Wildman–Crippen MR) is 73.3 cm³/mol. The molecule has 1 atom stereocenters. The van der Waals surface area contributed by atoms with Crippen LogP contribution in [0.4, 0.5) is 8.78 Å². The Morgan fingerprint density at radius 1 is 1.05 bits per heavy atom. The van der Waals surface area contributed by atoms with Gasteiger partial charge in [0.1, 0.15) is 11.6 Å². The van der Waals surface area contributed by atoms with Crippen LogP contribution >= 0.6 is 11.6 Å². The molecule has 4 heteroatoms. The van der Waals surface area contributed by atoms with Gasteiger partial charge in [-0.05, 0) is 42.3 Å². The maximum atomic E-state index is 13.7. The van der Waals surface area contributed by atoms with Crippen LogP contribution in [0.2, 0.25) is 5.02 Å². The van der Waals surface area contributed by atoms with Crippen molar-refractivity contribution in [2.75, 3.05) is 6.54 Å². The molecule has 0 amide bonds. The fraction of sp³-hybridized carbons (Fsp3) is 0.200. The van der Waals surface area contributed by atoms with Crippen molar-refractivity contribution in [2.24, 2.45) is 5.73 Å². The van der Waals surface area contributed by atoms with Crippen LogP contribution in [0.1, 0.15) is 17.0 Å². The van der Waals surface area contributed by atoms with Crippen molar-refractivity contribution in [2.45, 2.75) is 12.3 Å². The van der Waals surface area contributed by atoms with E-state index in [0.717, 1.165) is 5.56 Å². The smallest absolute Gasteiger partial charge is 0.142 e. The van der Waals surface area contributed by atoms with Gasteiger partial charge in [0.25, 0.3) is 0 Å². The fourth-order valence-corrected chi connectivity index (χ4v) is 2.20. The Kier molecular flexibility index (Phi) is 4.51. The summed E-state index contributed by atoms with van der Waals surface area (Å²) in [5, 5.41) is 0.0824. The topological polar surface area (TPSA) is 26.0 Å². The second kappa shape index (κ2) is 6.13. The Morgan fingerprint density at radius 3 is 2.42 bits per heavy atom. The SMILES string of the molecule is NCC(Cc1ccc(Cl)c(F)c1)c1ccccc1F. The molecule has 2 rings (SSSR count). The van der Waals surface area contributed by atoms with E-state index < -0.39 is 5.82 Å². The van der Waals surface area contributed by atoms with Crippen molar-refractivity contribution >= 4 is 11.6 Å². The molecule has 2 aromatic carbocycles. The molecule has 0 aliphatic heterocycles. The van der Waals surface area contributed by atoms with Gasteiger partial charge in [0.2, 0.25) is 0 Å². The molecule has 2 N–H and O–H groups in total. The molecule has 0 spiro atoms. The highest BCUT2D eigenvalue weighted by atomic mass is 35.5. The minimum absolute atomic E-state index is 0.0824. The standard InChI is InChI=1S/C15H14ClF2N/c16-13-6-5-10(8-15(13)18)7-11(9-19)12-3-1-2-4-14(12)17/h1-6,8,11H,7,9,19H2. The zero-order valence-electron chi connectivity index (χ0n) is 10.2. The van der Waals surface area contributed by atoms with Crippen LogP contribution in [0, 0.1) is 11.6 Å². The predicted octanol–water partition coefficient (Wildman–Crippen LogP) is 3.90. The molecule has 0 aliphatic carbocycles. The van der Waals surface area contributed by atoms with Gasteiger partial charge in [0.05, 0.1) is 5.02 Å². The van der Waals surface area contributed by atoms with Gasteiger partial charge in [-0.2, -0.15) is 0 Å². The molecule has 0 fully saturated rings. The Morgan fingerprint density at radius 2 is 1.79 bits per heavy atom. The van der Waals surface area contributed by atoms with E-state index in [4.69, 9.17) is 17.3 Å². The zero-order valence-corrected chi connectivity index (χ0v) is 11.0. The third-order valence-corrected chi connectivity index (χ3v) is 3.40. The van der Waals surface area contributed by atoms with Gasteiger partial charge in [0, 0.05) is 5.92 Å². The molecule has 0 bridgehead atoms. The van der Waals surface area contributed by atoms with Crippen molar-refractivity contribution in [3.05, 3.63) is 70.2 Å². The molecule has 0 radical (unpaired) electrons. The van der Waals surface area contributed by atoms with Gasteiger partial charge < -0.3 is 5.73 Å². The van der Waals surface area contributed by atoms with Crippen molar-refractivity contribution in [1.82, 2.24) is 0 Å². The largest absolute Gasteiger partial charge is 0.330 e. The lowest BCUT2D eigenvalue weighted by Gasteiger charge is -2.16. The fourth-order valence-electron chi connectivity index (χ4n) is 2.08. The average molecular weight is 282 g/mol. The van der Waals surface area contributed by atoms with E-state index in [1.54, 1.807) is 24.3 Å². The lowest BCUT2D eigenvalue weighted by molar-refractivity contribution is 0.574. The van der Waals surface area contributed by atoms with E-state index >= 15 is 0 Å². The van der Waals surface area contributed by atoms with Crippen LogP contribution in [-0.2, 0) is 6.42 Å². The first-order chi connectivity index (χ1) is 9.11. The molecule has 1 nitrogen and oxygen atoms in total. The maximum Gasteiger partial charge on any atom is 0.142 e. The molecule has 2 aromatic rings. The maximum absolute atomic E-state index is 13.7. The normalized spacial score (nSPS) is 12.4. The van der Waals surface area contributed by atoms with E-state index in [2.05, 4.69) is 0 Å². The minimum atomic E-state index is -0.469. The van der Waals surface area contributed by atoms with E-state index in [-0.39, 0.29) is 16.8 Å². The summed E-state index contributed by atoms with van der Waals surface area (Å²) in [6.07, 6.45) is 0.478. The molecule has 0 saturated carbocycles. The van der Waals surface area contributed by atoms with Gasteiger partial charge >= 0.3 is 0 Å². The molecule has 1 unspecified atom stereocenters. The van der Waals surface area contributed by atoms with Crippen LogP contribution in [-0.4, -0.2) is 6.54 Å². The van der Waals surface area contributed by atoms with Crippen molar-refractivity contribution in [3.8, 4) is 0 Å². The first-order valence-corrected chi connectivity index (χ1v) is 6.38. The first-order valence-electron chi connectivity index (χ1n) is 6.00. The monoisotopic (exact) mass is 281 g/mol. The summed E-state index contributed by atoms with van der Waals surface area (Å²) in [7, 11) is 0. The highest BCUT2D eigenvalue weighted by molar-refractivity contribution is 6.30. The molecule has 0 aliphatic rings. The minimum Gasteiger partial charge on any atom is -0.330 e. The summed E-state index contributed by atoms with van der Waals surface area (Å²) < 4.78 is 27.1. The van der Waals surface area contributed by atoms with E-state index in [1.807, 2.05) is 0 Å². The van der Waals surface area contributed by atoms with Gasteiger partial charge in [-0.3, -0.25) is 0 Å². The number of hydrogen-bond acceptors (Lipinski definition) is 1. The number of hydrogen-bond donors (Lipinski definition) is 1. The summed E-state index contributed by atoms with van der Waals surface area (Å²) >= 11 is 5.63. The van der Waals surface area contributed by atoms with Gasteiger partial charge in [-0.15, -0.1) is 0 Å². The van der Waals surface area contributed by atoms with Crippen LogP contribution in [0.5, 0.6) is 0 Å². The second-order valence-electron chi connectivity index (χ2n) is 4.41. The van der Waals surface area contributed by atoms with Gasteiger partial charge in [-0.1, -0.05) is 35.9 Å². The molecule has 0 saturated heterocycles. The van der Waals surface area contributed by atoms with Gasteiger partial charge in [0.15, 0.2) is 0 Å². The lowest BCUT2D eigenvalue weighted by Crippen LogP contribution is -2.16. The molecular weight excluding hydrogens is 268 g/mol. The Labute approximate surface area is 116 Å². The summed E-state index contributed by atoms with van der Waals surface area (Å²) in [5.41, 5.74) is 7.01. The molecule has 100 valence electrons. The summed E-state index contributed by atoms with van der Waals surface area (Å²) in [6, 6.07) is 11.1. The highest BCUT2D eigenvalue weighted by Gasteiger charge is 2.15. The van der Waals surface area contributed by atoms with Crippen molar-refractivity contribution < 1.29 is 8.78 Å². The molecule has 0 heterocycles. The van der Waals surface area contributed by atoms with Crippen molar-refractivity contribution in [3.63, 3.8) is 0 Å². The third-order valence-electron chi connectivity index (χ3n) is 3.10. The van der Waals surface area contributed by atoms with E-state index in [9.17, 15) is 8.78 Å². The summed E-state index contributed by atoms with van der Waals surface area (Å²) in [6.45, 7) is 0.297. The number of benzene rings is 2. The number of nitrogens with two attached hydrogens (primary N) is 1. The Hall–Kier alpha value is -1.45. The van der Waals surface area contributed by atoms with Crippen molar-refractivity contribution in [1.29, 1.82) is 0 Å². The summed E-state index contributed by atoms with van der Waals surface area (Å²) in [4.78, 5) is 0. The van der Waals surface area contributed by atoms with Gasteiger partial charge in [-0.25, -0.2) is 8.78 Å². The Bertz CT molecular complexity index is 572. The van der Waals surface area contributed by atoms with E-state index in [1.165, 1.54) is 18.2 Å². The van der Waals surface area contributed by atoms with E-state index in [0.29, 0.717) is 18.5 Å². The quantitative estimate of drug-likeness (QED) is 0.904.